The van der Waals surface area contributed by atoms with Crippen molar-refractivity contribution in [2.24, 2.45) is 0 Å². The fourth-order valence-corrected chi connectivity index (χ4v) is 2.22. The van der Waals surface area contributed by atoms with E-state index in [9.17, 15) is 0 Å². The molecule has 0 spiro atoms. The van der Waals surface area contributed by atoms with E-state index in [2.05, 4.69) is 20.4 Å². The molecule has 0 aliphatic rings. The molecule has 2 aromatic heterocycles. The minimum atomic E-state index is 0.167. The van der Waals surface area contributed by atoms with Crippen LogP contribution in [0.2, 0.25) is 10.3 Å². The third-order valence-corrected chi connectivity index (χ3v) is 3.09. The molecule has 2 heterocycles. The lowest BCUT2D eigenvalue weighted by molar-refractivity contribution is 0.895. The standard InChI is InChI=1S/C12H9Cl2N5/c1-15-10-9-6-16-19(11(9)18-12(14)17-10)8-4-2-3-7(13)5-8/h2-6H,1H3,(H,15,17,18). The van der Waals surface area contributed by atoms with Gasteiger partial charge in [0.15, 0.2) is 5.65 Å². The normalized spacial score (nSPS) is 10.9. The van der Waals surface area contributed by atoms with Crippen LogP contribution in [0.1, 0.15) is 0 Å². The predicted octanol–water partition coefficient (Wildman–Crippen LogP) is 3.16. The van der Waals surface area contributed by atoms with Crippen LogP contribution in [-0.2, 0) is 0 Å². The summed E-state index contributed by atoms with van der Waals surface area (Å²) in [6, 6.07) is 7.36. The maximum absolute atomic E-state index is 5.99. The van der Waals surface area contributed by atoms with Crippen molar-refractivity contribution < 1.29 is 0 Å². The van der Waals surface area contributed by atoms with Crippen molar-refractivity contribution in [1.82, 2.24) is 19.7 Å². The van der Waals surface area contributed by atoms with Crippen LogP contribution in [0.3, 0.4) is 0 Å². The molecule has 0 aliphatic carbocycles. The summed E-state index contributed by atoms with van der Waals surface area (Å²) in [5, 5.41) is 8.88. The lowest BCUT2D eigenvalue weighted by atomic mass is 10.3. The molecule has 5 nitrogen and oxygen atoms in total. The Morgan fingerprint density at radius 3 is 2.79 bits per heavy atom. The number of anilines is 1. The number of hydrogen-bond donors (Lipinski definition) is 1. The molecule has 0 amide bonds. The summed E-state index contributed by atoms with van der Waals surface area (Å²) in [7, 11) is 1.77. The Morgan fingerprint density at radius 2 is 2.05 bits per heavy atom. The first-order valence-corrected chi connectivity index (χ1v) is 6.29. The van der Waals surface area contributed by atoms with Crippen LogP contribution >= 0.6 is 23.2 Å². The Labute approximate surface area is 119 Å². The summed E-state index contributed by atoms with van der Waals surface area (Å²) in [5.41, 5.74) is 1.45. The molecule has 1 N–H and O–H groups in total. The number of rotatable bonds is 2. The summed E-state index contributed by atoms with van der Waals surface area (Å²) in [6.07, 6.45) is 1.69. The smallest absolute Gasteiger partial charge is 0.226 e. The third-order valence-electron chi connectivity index (χ3n) is 2.69. The second-order valence-electron chi connectivity index (χ2n) is 3.86. The van der Waals surface area contributed by atoms with E-state index in [1.165, 1.54) is 0 Å². The van der Waals surface area contributed by atoms with E-state index in [1.807, 2.05) is 18.2 Å². The van der Waals surface area contributed by atoms with Gasteiger partial charge < -0.3 is 5.32 Å². The molecule has 96 valence electrons. The highest BCUT2D eigenvalue weighted by molar-refractivity contribution is 6.30. The maximum atomic E-state index is 5.99. The molecule has 0 bridgehead atoms. The van der Waals surface area contributed by atoms with Gasteiger partial charge in [-0.2, -0.15) is 15.1 Å². The van der Waals surface area contributed by atoms with Crippen molar-refractivity contribution in [3.05, 3.63) is 40.8 Å². The molecule has 0 atom stereocenters. The molecule has 19 heavy (non-hydrogen) atoms. The van der Waals surface area contributed by atoms with Gasteiger partial charge in [0.1, 0.15) is 5.82 Å². The monoisotopic (exact) mass is 293 g/mol. The molecular weight excluding hydrogens is 285 g/mol. The lowest BCUT2D eigenvalue weighted by Gasteiger charge is -2.05. The minimum Gasteiger partial charge on any atom is -0.372 e. The quantitative estimate of drug-likeness (QED) is 0.738. The molecule has 0 aliphatic heterocycles. The van der Waals surface area contributed by atoms with Crippen molar-refractivity contribution in [3.63, 3.8) is 0 Å². The summed E-state index contributed by atoms with van der Waals surface area (Å²) in [4.78, 5) is 8.33. The van der Waals surface area contributed by atoms with Gasteiger partial charge in [0.2, 0.25) is 5.28 Å². The molecule has 0 fully saturated rings. The van der Waals surface area contributed by atoms with Gasteiger partial charge in [-0.25, -0.2) is 4.68 Å². The van der Waals surface area contributed by atoms with Gasteiger partial charge in [0.05, 0.1) is 17.3 Å². The first kappa shape index (κ1) is 12.2. The first-order valence-electron chi connectivity index (χ1n) is 5.54. The molecule has 0 saturated carbocycles. The number of benzene rings is 1. The van der Waals surface area contributed by atoms with Crippen molar-refractivity contribution in [1.29, 1.82) is 0 Å². The van der Waals surface area contributed by atoms with E-state index in [1.54, 1.807) is 24.0 Å². The summed E-state index contributed by atoms with van der Waals surface area (Å²) in [5.74, 6) is 0.642. The van der Waals surface area contributed by atoms with Crippen molar-refractivity contribution in [2.75, 3.05) is 12.4 Å². The van der Waals surface area contributed by atoms with Crippen LogP contribution in [-0.4, -0.2) is 26.8 Å². The van der Waals surface area contributed by atoms with Crippen LogP contribution in [0.5, 0.6) is 0 Å². The number of aromatic nitrogens is 4. The zero-order valence-electron chi connectivity index (χ0n) is 9.93. The van der Waals surface area contributed by atoms with Gasteiger partial charge in [0.25, 0.3) is 0 Å². The Kier molecular flexibility index (Phi) is 3.00. The molecule has 3 aromatic rings. The highest BCUT2D eigenvalue weighted by Crippen LogP contribution is 2.24. The second-order valence-corrected chi connectivity index (χ2v) is 4.64. The lowest BCUT2D eigenvalue weighted by Crippen LogP contribution is -2.00. The van der Waals surface area contributed by atoms with Gasteiger partial charge in [0, 0.05) is 12.1 Å². The predicted molar refractivity (Wildman–Crippen MR) is 76.2 cm³/mol. The number of nitrogens with zero attached hydrogens (tertiary/aromatic N) is 4. The van der Waals surface area contributed by atoms with Crippen LogP contribution in [0.15, 0.2) is 30.5 Å². The van der Waals surface area contributed by atoms with Crippen LogP contribution in [0, 0.1) is 0 Å². The SMILES string of the molecule is CNc1nc(Cl)nc2c1cnn2-c1cccc(Cl)c1. The number of fused-ring (bicyclic) bond motifs is 1. The maximum Gasteiger partial charge on any atom is 0.226 e. The zero-order chi connectivity index (χ0) is 13.4. The van der Waals surface area contributed by atoms with E-state index in [0.29, 0.717) is 16.5 Å². The molecule has 0 unspecified atom stereocenters. The Morgan fingerprint density at radius 1 is 1.21 bits per heavy atom. The fourth-order valence-electron chi connectivity index (χ4n) is 1.87. The van der Waals surface area contributed by atoms with Gasteiger partial charge in [-0.3, -0.25) is 0 Å². The van der Waals surface area contributed by atoms with Crippen LogP contribution in [0.4, 0.5) is 5.82 Å². The summed E-state index contributed by atoms with van der Waals surface area (Å²) < 4.78 is 1.68. The van der Waals surface area contributed by atoms with E-state index in [-0.39, 0.29) is 5.28 Å². The molecule has 0 radical (unpaired) electrons. The highest BCUT2D eigenvalue weighted by atomic mass is 35.5. The average Bonchev–Trinajstić information content (AvgIpc) is 2.81. The fraction of sp³-hybridized carbons (Fsp3) is 0.0833. The largest absolute Gasteiger partial charge is 0.372 e. The van der Waals surface area contributed by atoms with Crippen LogP contribution in [0.25, 0.3) is 16.7 Å². The van der Waals surface area contributed by atoms with Crippen LogP contribution < -0.4 is 5.32 Å². The highest BCUT2D eigenvalue weighted by Gasteiger charge is 2.12. The topological polar surface area (TPSA) is 55.6 Å². The van der Waals surface area contributed by atoms with Gasteiger partial charge >= 0.3 is 0 Å². The van der Waals surface area contributed by atoms with Crippen molar-refractivity contribution >= 4 is 40.1 Å². The van der Waals surface area contributed by atoms with Gasteiger partial charge in [-0.1, -0.05) is 17.7 Å². The number of halogens is 2. The molecule has 1 aromatic carbocycles. The van der Waals surface area contributed by atoms with E-state index in [4.69, 9.17) is 23.2 Å². The van der Waals surface area contributed by atoms with E-state index in [0.717, 1.165) is 11.1 Å². The Bertz CT molecular complexity index is 753. The first-order chi connectivity index (χ1) is 9.19. The van der Waals surface area contributed by atoms with E-state index >= 15 is 0 Å². The van der Waals surface area contributed by atoms with Crippen molar-refractivity contribution in [3.8, 4) is 5.69 Å². The van der Waals surface area contributed by atoms with E-state index < -0.39 is 0 Å². The molecule has 3 rings (SSSR count). The van der Waals surface area contributed by atoms with Gasteiger partial charge in [-0.15, -0.1) is 0 Å². The molecule has 0 saturated heterocycles. The second kappa shape index (κ2) is 4.68. The van der Waals surface area contributed by atoms with Gasteiger partial charge in [-0.05, 0) is 29.8 Å². The average molecular weight is 294 g/mol. The summed E-state index contributed by atoms with van der Waals surface area (Å²) in [6.45, 7) is 0. The van der Waals surface area contributed by atoms with Crippen molar-refractivity contribution in [2.45, 2.75) is 0 Å². The number of hydrogen-bond acceptors (Lipinski definition) is 4. The molecule has 7 heteroatoms. The Hall–Kier alpha value is -1.85. The number of nitrogens with one attached hydrogen (secondary N) is 1. The summed E-state index contributed by atoms with van der Waals surface area (Å²) >= 11 is 11.9. The Balaban J connectivity index is 2.28. The zero-order valence-corrected chi connectivity index (χ0v) is 11.4. The third kappa shape index (κ3) is 2.11. The minimum absolute atomic E-state index is 0.167. The molecular formula is C12H9Cl2N5.